The van der Waals surface area contributed by atoms with E-state index in [9.17, 15) is 14.9 Å². The summed E-state index contributed by atoms with van der Waals surface area (Å²) in [6, 6.07) is 13.2. The van der Waals surface area contributed by atoms with Crippen molar-refractivity contribution in [1.82, 2.24) is 14.8 Å². The van der Waals surface area contributed by atoms with Gasteiger partial charge in [0.2, 0.25) is 5.95 Å². The largest absolute Gasteiger partial charge is 0.497 e. The number of nitro benzene ring substituents is 1. The van der Waals surface area contributed by atoms with E-state index in [1.165, 1.54) is 12.1 Å². The molecule has 0 saturated carbocycles. The van der Waals surface area contributed by atoms with E-state index in [-0.39, 0.29) is 16.9 Å². The monoisotopic (exact) mass is 445 g/mol. The number of rotatable bonds is 4. The summed E-state index contributed by atoms with van der Waals surface area (Å²) in [6.45, 7) is 4.14. The number of nitrogens with one attached hydrogen (secondary N) is 1. The number of Topliss-reactive ketones (excluding diaryl/α,β-unsaturated/α-hetero) is 1. The van der Waals surface area contributed by atoms with Gasteiger partial charge in [0.15, 0.2) is 11.6 Å². The van der Waals surface area contributed by atoms with Gasteiger partial charge in [0.1, 0.15) is 11.8 Å². The number of non-ortho nitro benzene ring substituents is 1. The van der Waals surface area contributed by atoms with Crippen molar-refractivity contribution in [2.75, 3.05) is 12.4 Å². The van der Waals surface area contributed by atoms with E-state index < -0.39 is 11.0 Å². The van der Waals surface area contributed by atoms with Gasteiger partial charge in [-0.1, -0.05) is 13.8 Å². The Morgan fingerprint density at radius 3 is 2.45 bits per heavy atom. The van der Waals surface area contributed by atoms with Crippen LogP contribution in [0, 0.1) is 15.5 Å². The molecule has 1 aromatic heterocycles. The van der Waals surface area contributed by atoms with Crippen LogP contribution in [0.3, 0.4) is 0 Å². The van der Waals surface area contributed by atoms with Gasteiger partial charge in [0.05, 0.1) is 12.0 Å². The Kier molecular flexibility index (Phi) is 4.77. The maximum Gasteiger partial charge on any atom is 0.269 e. The van der Waals surface area contributed by atoms with Crippen molar-refractivity contribution in [3.63, 3.8) is 0 Å². The molecular weight excluding hydrogens is 422 g/mol. The highest BCUT2D eigenvalue weighted by Gasteiger charge is 2.42. The molecule has 1 aliphatic carbocycles. The first-order chi connectivity index (χ1) is 15.8. The van der Waals surface area contributed by atoms with Crippen LogP contribution < -0.4 is 10.1 Å². The van der Waals surface area contributed by atoms with E-state index in [2.05, 4.69) is 19.2 Å². The van der Waals surface area contributed by atoms with Crippen LogP contribution in [0.5, 0.6) is 5.75 Å². The highest BCUT2D eigenvalue weighted by atomic mass is 16.6. The predicted molar refractivity (Wildman–Crippen MR) is 122 cm³/mol. The predicted octanol–water partition coefficient (Wildman–Crippen LogP) is 4.52. The summed E-state index contributed by atoms with van der Waals surface area (Å²) in [4.78, 5) is 28.7. The molecule has 0 spiro atoms. The smallest absolute Gasteiger partial charge is 0.269 e. The SMILES string of the molecule is COc1ccc(-c2nc3n(n2)C(c2ccc([N+](=O)[O-])cc2)C2=C(CC(C)(C)CC2=O)N3)cc1. The number of fused-ring (bicyclic) bond motifs is 1. The number of nitrogens with zero attached hydrogens (tertiary/aromatic N) is 4. The first kappa shape index (κ1) is 20.9. The Bertz CT molecular complexity index is 1290. The molecule has 1 atom stereocenters. The Hall–Kier alpha value is -4.01. The maximum absolute atomic E-state index is 13.3. The molecule has 3 aromatic rings. The number of hydrogen-bond donors (Lipinski definition) is 1. The number of carbonyl (C=O) groups is 1. The van der Waals surface area contributed by atoms with Crippen molar-refractivity contribution in [3.8, 4) is 17.1 Å². The van der Waals surface area contributed by atoms with Crippen LogP contribution >= 0.6 is 0 Å². The number of methoxy groups -OCH3 is 1. The van der Waals surface area contributed by atoms with Crippen LogP contribution in [0.25, 0.3) is 11.4 Å². The molecule has 1 aliphatic heterocycles. The molecule has 2 heterocycles. The van der Waals surface area contributed by atoms with Crippen LogP contribution in [-0.4, -0.2) is 32.6 Å². The molecule has 5 rings (SSSR count). The molecule has 0 radical (unpaired) electrons. The number of allylic oxidation sites excluding steroid dienone is 2. The minimum atomic E-state index is -0.514. The lowest BCUT2D eigenvalue weighted by molar-refractivity contribution is -0.384. The lowest BCUT2D eigenvalue weighted by Crippen LogP contribution is -2.36. The molecule has 0 saturated heterocycles. The third-order valence-electron chi connectivity index (χ3n) is 6.10. The summed E-state index contributed by atoms with van der Waals surface area (Å²) in [5.41, 5.74) is 2.85. The van der Waals surface area contributed by atoms with E-state index in [1.807, 2.05) is 24.3 Å². The lowest BCUT2D eigenvalue weighted by Gasteiger charge is -2.38. The van der Waals surface area contributed by atoms with E-state index in [0.29, 0.717) is 30.2 Å². The zero-order valence-corrected chi connectivity index (χ0v) is 18.5. The molecule has 2 aliphatic rings. The van der Waals surface area contributed by atoms with Crippen molar-refractivity contribution < 1.29 is 14.5 Å². The number of ketones is 1. The van der Waals surface area contributed by atoms with Crippen molar-refractivity contribution in [2.24, 2.45) is 5.41 Å². The number of ether oxygens (including phenoxy) is 1. The van der Waals surface area contributed by atoms with E-state index in [1.54, 1.807) is 23.9 Å². The molecular formula is C24H23N5O4. The summed E-state index contributed by atoms with van der Waals surface area (Å²) < 4.78 is 6.94. The van der Waals surface area contributed by atoms with E-state index in [0.717, 1.165) is 22.6 Å². The van der Waals surface area contributed by atoms with Gasteiger partial charge in [-0.3, -0.25) is 14.9 Å². The molecule has 168 valence electrons. The standard InChI is InChI=1S/C24H23N5O4/c1-24(2)12-18-20(19(30)13-24)21(14-4-8-16(9-5-14)29(31)32)28-23(25-18)26-22(27-28)15-6-10-17(33-3)11-7-15/h4-11,21H,12-13H2,1-3H3,(H,25,26,27). The molecule has 33 heavy (non-hydrogen) atoms. The summed E-state index contributed by atoms with van der Waals surface area (Å²) in [6.07, 6.45) is 1.12. The second-order valence-electron chi connectivity index (χ2n) is 9.14. The van der Waals surface area contributed by atoms with Gasteiger partial charge in [0.25, 0.3) is 5.69 Å². The minimum absolute atomic E-state index is 0.00396. The number of carbonyl (C=O) groups excluding carboxylic acids is 1. The molecule has 0 amide bonds. The molecule has 9 nitrogen and oxygen atoms in total. The number of benzene rings is 2. The number of nitro groups is 1. The van der Waals surface area contributed by atoms with Crippen molar-refractivity contribution in [2.45, 2.75) is 32.7 Å². The van der Waals surface area contributed by atoms with Crippen LogP contribution in [0.2, 0.25) is 0 Å². The molecule has 2 aromatic carbocycles. The number of anilines is 1. The van der Waals surface area contributed by atoms with Crippen molar-refractivity contribution in [3.05, 3.63) is 75.5 Å². The molecule has 9 heteroatoms. The fraction of sp³-hybridized carbons (Fsp3) is 0.292. The van der Waals surface area contributed by atoms with Gasteiger partial charge < -0.3 is 10.1 Å². The fourth-order valence-corrected chi connectivity index (χ4v) is 4.56. The average molecular weight is 445 g/mol. The molecule has 0 bridgehead atoms. The van der Waals surface area contributed by atoms with Crippen LogP contribution in [0.1, 0.15) is 38.3 Å². The van der Waals surface area contributed by atoms with Crippen LogP contribution in [-0.2, 0) is 4.79 Å². The van der Waals surface area contributed by atoms with Gasteiger partial charge in [-0.15, -0.1) is 5.10 Å². The lowest BCUT2D eigenvalue weighted by atomic mass is 9.73. The fourth-order valence-electron chi connectivity index (χ4n) is 4.56. The zero-order chi connectivity index (χ0) is 23.3. The van der Waals surface area contributed by atoms with Gasteiger partial charge >= 0.3 is 0 Å². The first-order valence-electron chi connectivity index (χ1n) is 10.6. The third-order valence-corrected chi connectivity index (χ3v) is 6.10. The quantitative estimate of drug-likeness (QED) is 0.464. The van der Waals surface area contributed by atoms with Gasteiger partial charge in [-0.05, 0) is 53.8 Å². The third kappa shape index (κ3) is 3.65. The van der Waals surface area contributed by atoms with Gasteiger partial charge in [0, 0.05) is 35.4 Å². The summed E-state index contributed by atoms with van der Waals surface area (Å²) >= 11 is 0. The van der Waals surface area contributed by atoms with E-state index >= 15 is 0 Å². The van der Waals surface area contributed by atoms with Gasteiger partial charge in [-0.2, -0.15) is 4.98 Å². The maximum atomic E-state index is 13.3. The average Bonchev–Trinajstić information content (AvgIpc) is 3.20. The summed E-state index contributed by atoms with van der Waals surface area (Å²) in [5, 5.41) is 19.2. The molecule has 0 fully saturated rings. The van der Waals surface area contributed by atoms with Crippen LogP contribution in [0.15, 0.2) is 59.8 Å². The van der Waals surface area contributed by atoms with Crippen molar-refractivity contribution in [1.29, 1.82) is 0 Å². The number of hydrogen-bond acceptors (Lipinski definition) is 7. The number of aromatic nitrogens is 3. The Morgan fingerprint density at radius 1 is 1.12 bits per heavy atom. The summed E-state index contributed by atoms with van der Waals surface area (Å²) in [5.74, 6) is 1.82. The van der Waals surface area contributed by atoms with E-state index in [4.69, 9.17) is 14.8 Å². The molecule has 1 unspecified atom stereocenters. The Morgan fingerprint density at radius 2 is 1.82 bits per heavy atom. The second kappa shape index (κ2) is 7.54. The minimum Gasteiger partial charge on any atom is -0.497 e. The van der Waals surface area contributed by atoms with Crippen molar-refractivity contribution >= 4 is 17.4 Å². The second-order valence-corrected chi connectivity index (χ2v) is 9.14. The highest BCUT2D eigenvalue weighted by Crippen LogP contribution is 2.45. The van der Waals surface area contributed by atoms with Gasteiger partial charge in [-0.25, -0.2) is 4.68 Å². The zero-order valence-electron chi connectivity index (χ0n) is 18.5. The summed E-state index contributed by atoms with van der Waals surface area (Å²) in [7, 11) is 1.61. The first-order valence-corrected chi connectivity index (χ1v) is 10.6. The van der Waals surface area contributed by atoms with Crippen LogP contribution in [0.4, 0.5) is 11.6 Å². The molecule has 1 N–H and O–H groups in total. The Balaban J connectivity index is 1.64. The normalized spacial score (nSPS) is 18.9. The Labute approximate surface area is 190 Å². The highest BCUT2D eigenvalue weighted by molar-refractivity contribution is 6.00. The topological polar surface area (TPSA) is 112 Å².